The van der Waals surface area contributed by atoms with E-state index in [0.717, 1.165) is 26.1 Å². The van der Waals surface area contributed by atoms with Crippen molar-refractivity contribution in [3.8, 4) is 0 Å². The summed E-state index contributed by atoms with van der Waals surface area (Å²) in [6, 6.07) is 8.81. The fraction of sp³-hybridized carbons (Fsp3) is 0.562. The van der Waals surface area contributed by atoms with E-state index in [1.807, 2.05) is 0 Å². The van der Waals surface area contributed by atoms with E-state index < -0.39 is 0 Å². The zero-order valence-corrected chi connectivity index (χ0v) is 12.5. The molecule has 1 aromatic carbocycles. The minimum Gasteiger partial charge on any atom is -0.370 e. The third kappa shape index (κ3) is 2.08. The molecule has 1 heterocycles. The molecule has 0 saturated heterocycles. The number of nitrogens with two attached hydrogens (primary N) is 1. The van der Waals surface area contributed by atoms with Crippen LogP contribution in [0.2, 0.25) is 0 Å². The van der Waals surface area contributed by atoms with Crippen LogP contribution in [-0.4, -0.2) is 49.5 Å². The minimum atomic E-state index is 0.00887. The van der Waals surface area contributed by atoms with Crippen LogP contribution in [0.4, 0.5) is 0 Å². The first kappa shape index (κ1) is 13.4. The summed E-state index contributed by atoms with van der Waals surface area (Å²) in [5.41, 5.74) is 9.10. The Hall–Kier alpha value is -1.55. The van der Waals surface area contributed by atoms with Gasteiger partial charge in [-0.1, -0.05) is 24.3 Å². The quantitative estimate of drug-likeness (QED) is 0.905. The van der Waals surface area contributed by atoms with Gasteiger partial charge in [0.1, 0.15) is 0 Å². The highest BCUT2D eigenvalue weighted by atomic mass is 15.4. The maximum Gasteiger partial charge on any atom is 0.192 e. The van der Waals surface area contributed by atoms with Crippen LogP contribution in [0.3, 0.4) is 0 Å². The zero-order valence-electron chi connectivity index (χ0n) is 12.5. The fourth-order valence-corrected chi connectivity index (χ4v) is 3.57. The van der Waals surface area contributed by atoms with Gasteiger partial charge in [0.15, 0.2) is 5.96 Å². The number of fused-ring (bicyclic) bond motifs is 2. The van der Waals surface area contributed by atoms with Crippen LogP contribution >= 0.6 is 0 Å². The molecule has 0 saturated carbocycles. The van der Waals surface area contributed by atoms with Gasteiger partial charge in [-0.25, -0.2) is 0 Å². The van der Waals surface area contributed by atoms with Crippen LogP contribution < -0.4 is 5.73 Å². The molecule has 20 heavy (non-hydrogen) atoms. The van der Waals surface area contributed by atoms with E-state index in [9.17, 15) is 0 Å². The van der Waals surface area contributed by atoms with Gasteiger partial charge in [0.05, 0.1) is 12.1 Å². The molecule has 0 aromatic heterocycles. The second-order valence-corrected chi connectivity index (χ2v) is 6.17. The number of hydrogen-bond donors (Lipinski definition) is 1. The van der Waals surface area contributed by atoms with E-state index in [2.05, 4.69) is 53.2 Å². The lowest BCUT2D eigenvalue weighted by molar-refractivity contribution is 0.160. The standard InChI is InChI=1S/C16H24N4/c1-19(2)10-11-20-15(17)18-12-16(20)9-5-7-13-6-3-4-8-14(13)16/h3-4,6,8H,5,7,9-12H2,1-2H3,(H2,17,18). The van der Waals surface area contributed by atoms with Crippen LogP contribution in [0.5, 0.6) is 0 Å². The predicted molar refractivity (Wildman–Crippen MR) is 82.8 cm³/mol. The van der Waals surface area contributed by atoms with Gasteiger partial charge < -0.3 is 15.5 Å². The topological polar surface area (TPSA) is 44.9 Å². The predicted octanol–water partition coefficient (Wildman–Crippen LogP) is 1.41. The van der Waals surface area contributed by atoms with Gasteiger partial charge in [-0.05, 0) is 44.5 Å². The number of nitrogens with zero attached hydrogens (tertiary/aromatic N) is 3. The van der Waals surface area contributed by atoms with Gasteiger partial charge in [0.25, 0.3) is 0 Å². The highest BCUT2D eigenvalue weighted by Crippen LogP contribution is 2.42. The monoisotopic (exact) mass is 272 g/mol. The molecule has 1 unspecified atom stereocenters. The SMILES string of the molecule is CN(C)CCN1C(N)=NCC12CCCc1ccccc12. The molecular weight excluding hydrogens is 248 g/mol. The number of guanidine groups is 1. The average molecular weight is 272 g/mol. The smallest absolute Gasteiger partial charge is 0.192 e. The maximum atomic E-state index is 6.19. The summed E-state index contributed by atoms with van der Waals surface area (Å²) in [4.78, 5) is 9.11. The lowest BCUT2D eigenvalue weighted by atomic mass is 9.76. The second kappa shape index (κ2) is 5.09. The van der Waals surface area contributed by atoms with Crippen molar-refractivity contribution in [2.24, 2.45) is 10.7 Å². The first-order chi connectivity index (χ1) is 9.63. The number of likely N-dealkylation sites (N-methyl/N-ethyl adjacent to an activating group) is 1. The molecule has 1 aliphatic carbocycles. The van der Waals surface area contributed by atoms with E-state index >= 15 is 0 Å². The minimum absolute atomic E-state index is 0.00887. The molecule has 1 aliphatic heterocycles. The lowest BCUT2D eigenvalue weighted by Crippen LogP contribution is -2.52. The molecule has 0 radical (unpaired) electrons. The Bertz CT molecular complexity index is 523. The van der Waals surface area contributed by atoms with Gasteiger partial charge in [-0.2, -0.15) is 0 Å². The van der Waals surface area contributed by atoms with Crippen molar-refractivity contribution in [1.29, 1.82) is 0 Å². The van der Waals surface area contributed by atoms with E-state index in [-0.39, 0.29) is 5.54 Å². The van der Waals surface area contributed by atoms with Crippen molar-refractivity contribution in [1.82, 2.24) is 9.80 Å². The zero-order chi connectivity index (χ0) is 14.2. The van der Waals surface area contributed by atoms with E-state index in [4.69, 9.17) is 5.73 Å². The molecule has 108 valence electrons. The van der Waals surface area contributed by atoms with E-state index in [1.54, 1.807) is 0 Å². The van der Waals surface area contributed by atoms with Crippen LogP contribution in [0.15, 0.2) is 29.3 Å². The van der Waals surface area contributed by atoms with Crippen LogP contribution in [0.1, 0.15) is 24.0 Å². The molecule has 3 rings (SSSR count). The average Bonchev–Trinajstić information content (AvgIpc) is 2.75. The summed E-state index contributed by atoms with van der Waals surface area (Å²) in [6.07, 6.45) is 3.55. The molecule has 1 spiro atoms. The molecule has 1 aromatic rings. The largest absolute Gasteiger partial charge is 0.370 e. The molecule has 2 aliphatic rings. The normalized spacial score (nSPS) is 25.1. The fourth-order valence-electron chi connectivity index (χ4n) is 3.57. The van der Waals surface area contributed by atoms with Crippen molar-refractivity contribution < 1.29 is 0 Å². The molecule has 0 bridgehead atoms. The highest BCUT2D eigenvalue weighted by Gasteiger charge is 2.45. The summed E-state index contributed by atoms with van der Waals surface area (Å²) in [5.74, 6) is 0.712. The molecule has 4 heteroatoms. The van der Waals surface area contributed by atoms with Crippen molar-refractivity contribution in [3.63, 3.8) is 0 Å². The van der Waals surface area contributed by atoms with Crippen molar-refractivity contribution in [2.75, 3.05) is 33.7 Å². The van der Waals surface area contributed by atoms with Gasteiger partial charge in [0, 0.05) is 13.1 Å². The number of aliphatic imine (C=N–C) groups is 1. The van der Waals surface area contributed by atoms with Gasteiger partial charge in [-0.15, -0.1) is 0 Å². The summed E-state index contributed by atoms with van der Waals surface area (Å²) in [7, 11) is 4.20. The Labute approximate surface area is 121 Å². The van der Waals surface area contributed by atoms with Crippen LogP contribution in [0.25, 0.3) is 0 Å². The third-order valence-corrected chi connectivity index (χ3v) is 4.62. The van der Waals surface area contributed by atoms with Gasteiger partial charge in [0.2, 0.25) is 0 Å². The first-order valence-electron chi connectivity index (χ1n) is 7.44. The Balaban J connectivity index is 1.95. The van der Waals surface area contributed by atoms with Gasteiger partial charge >= 0.3 is 0 Å². The number of benzene rings is 1. The van der Waals surface area contributed by atoms with Crippen LogP contribution in [0, 0.1) is 0 Å². The molecule has 0 amide bonds. The second-order valence-electron chi connectivity index (χ2n) is 6.17. The number of hydrogen-bond acceptors (Lipinski definition) is 4. The first-order valence-corrected chi connectivity index (χ1v) is 7.44. The van der Waals surface area contributed by atoms with Gasteiger partial charge in [-0.3, -0.25) is 4.99 Å². The summed E-state index contributed by atoms with van der Waals surface area (Å²) < 4.78 is 0. The molecule has 2 N–H and O–H groups in total. The lowest BCUT2D eigenvalue weighted by Gasteiger charge is -2.43. The molecular formula is C16H24N4. The highest BCUT2D eigenvalue weighted by molar-refractivity contribution is 5.81. The van der Waals surface area contributed by atoms with E-state index in [0.29, 0.717) is 5.96 Å². The Morgan fingerprint density at radius 2 is 2.15 bits per heavy atom. The van der Waals surface area contributed by atoms with Crippen molar-refractivity contribution >= 4 is 5.96 Å². The number of aryl methyl sites for hydroxylation is 1. The number of rotatable bonds is 3. The molecule has 4 nitrogen and oxygen atoms in total. The Kier molecular flexibility index (Phi) is 3.42. The van der Waals surface area contributed by atoms with Crippen molar-refractivity contribution in [2.45, 2.75) is 24.8 Å². The Morgan fingerprint density at radius 1 is 1.35 bits per heavy atom. The summed E-state index contributed by atoms with van der Waals surface area (Å²) in [5, 5.41) is 0. The molecule has 1 atom stereocenters. The van der Waals surface area contributed by atoms with Crippen LogP contribution in [-0.2, 0) is 12.0 Å². The van der Waals surface area contributed by atoms with E-state index in [1.165, 1.54) is 24.0 Å². The van der Waals surface area contributed by atoms with Crippen molar-refractivity contribution in [3.05, 3.63) is 35.4 Å². The Morgan fingerprint density at radius 3 is 2.95 bits per heavy atom. The third-order valence-electron chi connectivity index (χ3n) is 4.62. The maximum absolute atomic E-state index is 6.19. The summed E-state index contributed by atoms with van der Waals surface area (Å²) >= 11 is 0. The molecule has 0 fully saturated rings. The summed E-state index contributed by atoms with van der Waals surface area (Å²) in [6.45, 7) is 2.75.